The first-order valence-electron chi connectivity index (χ1n) is 7.30. The van der Waals surface area contributed by atoms with Gasteiger partial charge in [-0.05, 0) is 37.6 Å². The van der Waals surface area contributed by atoms with Crippen LogP contribution in [0, 0.1) is 11.8 Å². The van der Waals surface area contributed by atoms with Crippen LogP contribution in [0.25, 0.3) is 0 Å². The highest BCUT2D eigenvalue weighted by molar-refractivity contribution is 4.96. The standard InChI is InChI=1S/C14H26N4/c1-4-7-15-13(12-5-6-12)8-14-16-10-17-18(14)9-11(2)3/h10-13,15H,4-9H2,1-3H3. The zero-order valence-corrected chi connectivity index (χ0v) is 11.9. The third kappa shape index (κ3) is 3.80. The number of rotatable bonds is 8. The predicted molar refractivity (Wildman–Crippen MR) is 73.4 cm³/mol. The number of aromatic nitrogens is 3. The SMILES string of the molecule is CCCNC(Cc1ncnn1CC(C)C)C1CC1. The molecule has 1 aromatic rings. The molecule has 0 aromatic carbocycles. The van der Waals surface area contributed by atoms with Crippen molar-refractivity contribution in [3.05, 3.63) is 12.2 Å². The van der Waals surface area contributed by atoms with Gasteiger partial charge in [0.15, 0.2) is 0 Å². The fourth-order valence-electron chi connectivity index (χ4n) is 2.38. The molecule has 0 aliphatic heterocycles. The maximum atomic E-state index is 4.44. The van der Waals surface area contributed by atoms with Crippen molar-refractivity contribution in [3.63, 3.8) is 0 Å². The molecule has 2 rings (SSSR count). The average molecular weight is 250 g/mol. The smallest absolute Gasteiger partial charge is 0.138 e. The molecule has 18 heavy (non-hydrogen) atoms. The van der Waals surface area contributed by atoms with E-state index in [4.69, 9.17) is 0 Å². The summed E-state index contributed by atoms with van der Waals surface area (Å²) >= 11 is 0. The first-order chi connectivity index (χ1) is 8.70. The molecule has 1 fully saturated rings. The van der Waals surface area contributed by atoms with Crippen molar-refractivity contribution in [2.75, 3.05) is 6.54 Å². The quantitative estimate of drug-likeness (QED) is 0.769. The van der Waals surface area contributed by atoms with E-state index in [1.165, 1.54) is 19.3 Å². The molecule has 1 aliphatic rings. The summed E-state index contributed by atoms with van der Waals surface area (Å²) < 4.78 is 2.08. The number of nitrogens with one attached hydrogen (secondary N) is 1. The van der Waals surface area contributed by atoms with Crippen LogP contribution >= 0.6 is 0 Å². The van der Waals surface area contributed by atoms with E-state index in [1.807, 2.05) is 0 Å². The molecule has 1 unspecified atom stereocenters. The molecule has 1 atom stereocenters. The first kappa shape index (κ1) is 13.5. The molecule has 1 aromatic heterocycles. The Morgan fingerprint density at radius 3 is 2.83 bits per heavy atom. The number of nitrogens with zero attached hydrogens (tertiary/aromatic N) is 3. The van der Waals surface area contributed by atoms with Gasteiger partial charge < -0.3 is 5.32 Å². The Hall–Kier alpha value is -0.900. The molecule has 4 heteroatoms. The van der Waals surface area contributed by atoms with Crippen LogP contribution < -0.4 is 5.32 Å². The van der Waals surface area contributed by atoms with Crippen LogP contribution in [0.2, 0.25) is 0 Å². The summed E-state index contributed by atoms with van der Waals surface area (Å²) in [6.45, 7) is 8.75. The highest BCUT2D eigenvalue weighted by atomic mass is 15.3. The summed E-state index contributed by atoms with van der Waals surface area (Å²) in [6.07, 6.45) is 6.67. The lowest BCUT2D eigenvalue weighted by molar-refractivity contribution is 0.418. The van der Waals surface area contributed by atoms with Gasteiger partial charge in [0.05, 0.1) is 0 Å². The maximum absolute atomic E-state index is 4.44. The van der Waals surface area contributed by atoms with Gasteiger partial charge in [0, 0.05) is 19.0 Å². The van der Waals surface area contributed by atoms with E-state index in [9.17, 15) is 0 Å². The molecule has 0 spiro atoms. The minimum Gasteiger partial charge on any atom is -0.313 e. The zero-order valence-electron chi connectivity index (χ0n) is 11.9. The van der Waals surface area contributed by atoms with Crippen LogP contribution in [0.1, 0.15) is 45.9 Å². The monoisotopic (exact) mass is 250 g/mol. The van der Waals surface area contributed by atoms with Gasteiger partial charge in [-0.1, -0.05) is 20.8 Å². The molecular weight excluding hydrogens is 224 g/mol. The Labute approximate surface area is 110 Å². The van der Waals surface area contributed by atoms with E-state index in [0.717, 1.165) is 31.3 Å². The minimum absolute atomic E-state index is 0.597. The molecular formula is C14H26N4. The van der Waals surface area contributed by atoms with Gasteiger partial charge in [-0.3, -0.25) is 0 Å². The Kier molecular flexibility index (Phi) is 4.75. The number of hydrogen-bond donors (Lipinski definition) is 1. The topological polar surface area (TPSA) is 42.7 Å². The van der Waals surface area contributed by atoms with Gasteiger partial charge in [0.25, 0.3) is 0 Å². The second kappa shape index (κ2) is 6.32. The molecule has 0 bridgehead atoms. The Balaban J connectivity index is 1.95. The van der Waals surface area contributed by atoms with Gasteiger partial charge in [0.2, 0.25) is 0 Å². The van der Waals surface area contributed by atoms with Crippen molar-refractivity contribution in [2.45, 2.75) is 59.0 Å². The normalized spacial score (nSPS) is 17.3. The Bertz CT molecular complexity index is 354. The van der Waals surface area contributed by atoms with Crippen molar-refractivity contribution in [1.29, 1.82) is 0 Å². The molecule has 1 saturated carbocycles. The van der Waals surface area contributed by atoms with Crippen molar-refractivity contribution >= 4 is 0 Å². The summed E-state index contributed by atoms with van der Waals surface area (Å²) in [5, 5.41) is 8.02. The van der Waals surface area contributed by atoms with E-state index in [2.05, 4.69) is 40.9 Å². The van der Waals surface area contributed by atoms with Gasteiger partial charge in [-0.25, -0.2) is 9.67 Å². The van der Waals surface area contributed by atoms with E-state index < -0.39 is 0 Å². The molecule has 0 radical (unpaired) electrons. The maximum Gasteiger partial charge on any atom is 0.138 e. The van der Waals surface area contributed by atoms with Crippen LogP contribution in [0.15, 0.2) is 6.33 Å². The van der Waals surface area contributed by atoms with Crippen LogP contribution in [-0.2, 0) is 13.0 Å². The van der Waals surface area contributed by atoms with Crippen molar-refractivity contribution in [2.24, 2.45) is 11.8 Å². The fourth-order valence-corrected chi connectivity index (χ4v) is 2.38. The van der Waals surface area contributed by atoms with Crippen molar-refractivity contribution in [1.82, 2.24) is 20.1 Å². The van der Waals surface area contributed by atoms with E-state index in [0.29, 0.717) is 12.0 Å². The lowest BCUT2D eigenvalue weighted by atomic mass is 10.1. The van der Waals surface area contributed by atoms with Gasteiger partial charge in [-0.2, -0.15) is 5.10 Å². The zero-order chi connectivity index (χ0) is 13.0. The van der Waals surface area contributed by atoms with Gasteiger partial charge in [0.1, 0.15) is 12.2 Å². The lowest BCUT2D eigenvalue weighted by Gasteiger charge is -2.18. The van der Waals surface area contributed by atoms with Crippen molar-refractivity contribution in [3.8, 4) is 0 Å². The molecule has 1 heterocycles. The highest BCUT2D eigenvalue weighted by Gasteiger charge is 2.31. The van der Waals surface area contributed by atoms with Crippen molar-refractivity contribution < 1.29 is 0 Å². The number of hydrogen-bond acceptors (Lipinski definition) is 3. The largest absolute Gasteiger partial charge is 0.313 e. The summed E-state index contributed by atoms with van der Waals surface area (Å²) in [7, 11) is 0. The summed E-state index contributed by atoms with van der Waals surface area (Å²) in [4.78, 5) is 4.44. The second-order valence-corrected chi connectivity index (χ2v) is 5.85. The molecule has 0 amide bonds. The Morgan fingerprint density at radius 2 is 2.22 bits per heavy atom. The third-order valence-electron chi connectivity index (χ3n) is 3.48. The summed E-state index contributed by atoms with van der Waals surface area (Å²) in [5.41, 5.74) is 0. The molecule has 102 valence electrons. The predicted octanol–water partition coefficient (Wildman–Crippen LogP) is 2.25. The Morgan fingerprint density at radius 1 is 1.44 bits per heavy atom. The minimum atomic E-state index is 0.597. The van der Waals surface area contributed by atoms with E-state index >= 15 is 0 Å². The van der Waals surface area contributed by atoms with Gasteiger partial charge in [-0.15, -0.1) is 0 Å². The first-order valence-corrected chi connectivity index (χ1v) is 7.30. The highest BCUT2D eigenvalue weighted by Crippen LogP contribution is 2.33. The summed E-state index contributed by atoms with van der Waals surface area (Å²) in [6, 6.07) is 0.597. The molecule has 1 N–H and O–H groups in total. The third-order valence-corrected chi connectivity index (χ3v) is 3.48. The summed E-state index contributed by atoms with van der Waals surface area (Å²) in [5.74, 6) is 2.62. The lowest BCUT2D eigenvalue weighted by Crippen LogP contribution is -2.34. The van der Waals surface area contributed by atoms with Crippen LogP contribution in [0.5, 0.6) is 0 Å². The van der Waals surface area contributed by atoms with Crippen LogP contribution in [0.3, 0.4) is 0 Å². The van der Waals surface area contributed by atoms with E-state index in [1.54, 1.807) is 6.33 Å². The average Bonchev–Trinajstić information content (AvgIpc) is 3.08. The van der Waals surface area contributed by atoms with E-state index in [-0.39, 0.29) is 0 Å². The van der Waals surface area contributed by atoms with Gasteiger partial charge >= 0.3 is 0 Å². The fraction of sp³-hybridized carbons (Fsp3) is 0.857. The van der Waals surface area contributed by atoms with Crippen LogP contribution in [-0.4, -0.2) is 27.4 Å². The molecule has 0 saturated heterocycles. The second-order valence-electron chi connectivity index (χ2n) is 5.85. The molecule has 1 aliphatic carbocycles. The molecule has 4 nitrogen and oxygen atoms in total. The van der Waals surface area contributed by atoms with Crippen LogP contribution in [0.4, 0.5) is 0 Å².